The molecular formula is C24H20F3N3O2. The van der Waals surface area contributed by atoms with Crippen molar-refractivity contribution in [2.45, 2.75) is 19.1 Å². The number of benzene rings is 3. The van der Waals surface area contributed by atoms with Crippen molar-refractivity contribution in [3.8, 4) is 0 Å². The fraction of sp³-hybridized carbons (Fsp3) is 0.167. The third kappa shape index (κ3) is 4.74. The Morgan fingerprint density at radius 3 is 2.25 bits per heavy atom. The van der Waals surface area contributed by atoms with Gasteiger partial charge in [0.05, 0.1) is 11.3 Å². The van der Waals surface area contributed by atoms with E-state index in [1.807, 2.05) is 24.3 Å². The number of hydrogen-bond acceptors (Lipinski definition) is 2. The number of alkyl halides is 3. The van der Waals surface area contributed by atoms with Crippen LogP contribution in [0.5, 0.6) is 0 Å². The average molecular weight is 439 g/mol. The number of nitrogens with zero attached hydrogens (tertiary/aromatic N) is 1. The molecule has 0 saturated carbocycles. The van der Waals surface area contributed by atoms with Crippen LogP contribution in [0.2, 0.25) is 0 Å². The monoisotopic (exact) mass is 439 g/mol. The molecule has 4 rings (SSSR count). The highest BCUT2D eigenvalue weighted by Crippen LogP contribution is 2.37. The van der Waals surface area contributed by atoms with Gasteiger partial charge in [-0.25, -0.2) is 4.79 Å². The second kappa shape index (κ2) is 8.74. The van der Waals surface area contributed by atoms with Gasteiger partial charge in [-0.3, -0.25) is 4.79 Å². The van der Waals surface area contributed by atoms with E-state index < -0.39 is 23.7 Å². The van der Waals surface area contributed by atoms with Gasteiger partial charge in [0.1, 0.15) is 0 Å². The van der Waals surface area contributed by atoms with Crippen molar-refractivity contribution in [1.82, 2.24) is 4.90 Å². The highest BCUT2D eigenvalue weighted by Gasteiger charge is 2.35. The van der Waals surface area contributed by atoms with E-state index in [9.17, 15) is 22.8 Å². The maximum Gasteiger partial charge on any atom is 0.418 e. The molecule has 3 aromatic carbocycles. The third-order valence-electron chi connectivity index (χ3n) is 5.28. The molecule has 0 fully saturated rings. The lowest BCUT2D eigenvalue weighted by molar-refractivity contribution is -0.136. The van der Waals surface area contributed by atoms with Gasteiger partial charge in [-0.15, -0.1) is 0 Å². The van der Waals surface area contributed by atoms with Crippen LogP contribution in [0.15, 0.2) is 72.8 Å². The molecule has 2 N–H and O–H groups in total. The van der Waals surface area contributed by atoms with Crippen LogP contribution in [-0.2, 0) is 19.1 Å². The van der Waals surface area contributed by atoms with E-state index in [1.54, 1.807) is 30.3 Å². The predicted octanol–water partition coefficient (Wildman–Crippen LogP) is 5.55. The van der Waals surface area contributed by atoms with Crippen molar-refractivity contribution in [2.24, 2.45) is 0 Å². The first-order valence-corrected chi connectivity index (χ1v) is 10.0. The SMILES string of the molecule is O=C(Nc1ccc(NC(=O)N2CCc3ccccc3C2)c(C(F)(F)F)c1)c1ccccc1. The fourth-order valence-corrected chi connectivity index (χ4v) is 3.62. The first-order valence-electron chi connectivity index (χ1n) is 10.0. The molecule has 0 saturated heterocycles. The summed E-state index contributed by atoms with van der Waals surface area (Å²) >= 11 is 0. The Morgan fingerprint density at radius 1 is 0.844 bits per heavy atom. The zero-order chi connectivity index (χ0) is 22.7. The lowest BCUT2D eigenvalue weighted by Gasteiger charge is -2.29. The van der Waals surface area contributed by atoms with Crippen LogP contribution < -0.4 is 10.6 Å². The smallest absolute Gasteiger partial charge is 0.322 e. The number of rotatable bonds is 3. The van der Waals surface area contributed by atoms with Crippen molar-refractivity contribution >= 4 is 23.3 Å². The summed E-state index contributed by atoms with van der Waals surface area (Å²) in [6.07, 6.45) is -4.08. The summed E-state index contributed by atoms with van der Waals surface area (Å²) < 4.78 is 41.1. The maximum atomic E-state index is 13.7. The Hall–Kier alpha value is -3.81. The standard InChI is InChI=1S/C24H20F3N3O2/c25-24(26,27)20-14-19(28-22(31)17-7-2-1-3-8-17)10-11-21(20)29-23(32)30-13-12-16-6-4-5-9-18(16)15-30/h1-11,14H,12-13,15H2,(H,28,31)(H,29,32). The van der Waals surface area contributed by atoms with Crippen molar-refractivity contribution in [3.63, 3.8) is 0 Å². The summed E-state index contributed by atoms with van der Waals surface area (Å²) in [5.41, 5.74) is 1.02. The van der Waals surface area contributed by atoms with Crippen LogP contribution in [-0.4, -0.2) is 23.4 Å². The molecular weight excluding hydrogens is 419 g/mol. The molecule has 3 amide bonds. The lowest BCUT2D eigenvalue weighted by Crippen LogP contribution is -2.39. The summed E-state index contributed by atoms with van der Waals surface area (Å²) in [6, 6.07) is 18.5. The summed E-state index contributed by atoms with van der Waals surface area (Å²) in [7, 11) is 0. The van der Waals surface area contributed by atoms with Gasteiger partial charge in [-0.1, -0.05) is 42.5 Å². The number of halogens is 3. The minimum Gasteiger partial charge on any atom is -0.322 e. The Bertz CT molecular complexity index is 1150. The van der Waals surface area contributed by atoms with Crippen LogP contribution in [0.3, 0.4) is 0 Å². The van der Waals surface area contributed by atoms with Crippen LogP contribution in [0.25, 0.3) is 0 Å². The Labute approximate surface area is 182 Å². The maximum absolute atomic E-state index is 13.7. The molecule has 0 bridgehead atoms. The number of anilines is 2. The van der Waals surface area contributed by atoms with Gasteiger partial charge in [0.15, 0.2) is 0 Å². The van der Waals surface area contributed by atoms with Gasteiger partial charge >= 0.3 is 12.2 Å². The molecule has 0 spiro atoms. The predicted molar refractivity (Wildman–Crippen MR) is 115 cm³/mol. The second-order valence-corrected chi connectivity index (χ2v) is 7.45. The molecule has 0 radical (unpaired) electrons. The highest BCUT2D eigenvalue weighted by atomic mass is 19.4. The Kier molecular flexibility index (Phi) is 5.85. The molecule has 0 aromatic heterocycles. The molecule has 1 aliphatic rings. The number of carbonyl (C=O) groups excluding carboxylic acids is 2. The van der Waals surface area contributed by atoms with Crippen molar-refractivity contribution in [3.05, 3.63) is 95.1 Å². The zero-order valence-electron chi connectivity index (χ0n) is 16.9. The Morgan fingerprint density at radius 2 is 1.53 bits per heavy atom. The minimum absolute atomic E-state index is 0.0175. The topological polar surface area (TPSA) is 61.4 Å². The molecule has 0 unspecified atom stereocenters. The van der Waals surface area contributed by atoms with Crippen molar-refractivity contribution in [2.75, 3.05) is 17.2 Å². The summed E-state index contributed by atoms with van der Waals surface area (Å²) in [5, 5.41) is 4.85. The number of carbonyl (C=O) groups is 2. The van der Waals surface area contributed by atoms with Crippen LogP contribution in [0.1, 0.15) is 27.0 Å². The van der Waals surface area contributed by atoms with Gasteiger partial charge < -0.3 is 15.5 Å². The largest absolute Gasteiger partial charge is 0.418 e. The quantitative estimate of drug-likeness (QED) is 0.562. The highest BCUT2D eigenvalue weighted by molar-refractivity contribution is 6.04. The second-order valence-electron chi connectivity index (χ2n) is 7.45. The normalized spacial score (nSPS) is 13.3. The molecule has 3 aromatic rings. The molecule has 1 heterocycles. The molecule has 8 heteroatoms. The number of urea groups is 1. The van der Waals surface area contributed by atoms with Crippen molar-refractivity contribution in [1.29, 1.82) is 0 Å². The summed E-state index contributed by atoms with van der Waals surface area (Å²) in [5.74, 6) is -0.525. The molecule has 0 aliphatic carbocycles. The van der Waals surface area contributed by atoms with Crippen LogP contribution >= 0.6 is 0 Å². The van der Waals surface area contributed by atoms with E-state index >= 15 is 0 Å². The molecule has 5 nitrogen and oxygen atoms in total. The fourth-order valence-electron chi connectivity index (χ4n) is 3.62. The van der Waals surface area contributed by atoms with E-state index in [0.29, 0.717) is 25.1 Å². The van der Waals surface area contributed by atoms with Crippen molar-refractivity contribution < 1.29 is 22.8 Å². The van der Waals surface area contributed by atoms with Crippen LogP contribution in [0, 0.1) is 0 Å². The van der Waals surface area contributed by atoms with E-state index in [-0.39, 0.29) is 11.4 Å². The van der Waals surface area contributed by atoms with Gasteiger partial charge in [0, 0.05) is 24.3 Å². The summed E-state index contributed by atoms with van der Waals surface area (Å²) in [4.78, 5) is 26.4. The number of hydrogen-bond donors (Lipinski definition) is 2. The van der Waals surface area contributed by atoms with Gasteiger partial charge in [0.2, 0.25) is 0 Å². The van der Waals surface area contributed by atoms with Gasteiger partial charge in [0.25, 0.3) is 5.91 Å². The van der Waals surface area contributed by atoms with E-state index in [1.165, 1.54) is 11.0 Å². The Balaban J connectivity index is 1.52. The summed E-state index contributed by atoms with van der Waals surface area (Å²) in [6.45, 7) is 0.740. The minimum atomic E-state index is -4.72. The van der Waals surface area contributed by atoms with Gasteiger partial charge in [-0.2, -0.15) is 13.2 Å². The average Bonchev–Trinajstić information content (AvgIpc) is 2.79. The third-order valence-corrected chi connectivity index (χ3v) is 5.28. The van der Waals surface area contributed by atoms with E-state index in [0.717, 1.165) is 23.3 Å². The first-order chi connectivity index (χ1) is 15.3. The molecule has 164 valence electrons. The van der Waals surface area contributed by atoms with E-state index in [2.05, 4.69) is 10.6 Å². The first kappa shape index (κ1) is 21.4. The zero-order valence-corrected chi connectivity index (χ0v) is 16.9. The number of amides is 3. The lowest BCUT2D eigenvalue weighted by atomic mass is 10.0. The molecule has 32 heavy (non-hydrogen) atoms. The van der Waals surface area contributed by atoms with Crippen LogP contribution in [0.4, 0.5) is 29.3 Å². The number of fused-ring (bicyclic) bond motifs is 1. The van der Waals surface area contributed by atoms with E-state index in [4.69, 9.17) is 0 Å². The van der Waals surface area contributed by atoms with Gasteiger partial charge in [-0.05, 0) is 47.9 Å². The number of nitrogens with one attached hydrogen (secondary N) is 2. The molecule has 0 atom stereocenters. The molecule has 1 aliphatic heterocycles.